The van der Waals surface area contributed by atoms with Gasteiger partial charge in [0, 0.05) is 30.4 Å². The van der Waals surface area contributed by atoms with Crippen LogP contribution in [0, 0.1) is 25.2 Å². The van der Waals surface area contributed by atoms with E-state index >= 15 is 0 Å². The first-order valence-corrected chi connectivity index (χ1v) is 9.98. The highest BCUT2D eigenvalue weighted by Gasteiger charge is 2.20. The summed E-state index contributed by atoms with van der Waals surface area (Å²) in [6.45, 7) is 5.85. The Morgan fingerprint density at radius 3 is 2.40 bits per heavy atom. The van der Waals surface area contributed by atoms with Crippen molar-refractivity contribution in [2.24, 2.45) is 0 Å². The van der Waals surface area contributed by atoms with Gasteiger partial charge in [-0.25, -0.2) is 0 Å². The minimum absolute atomic E-state index is 0.00995. The van der Waals surface area contributed by atoms with E-state index in [9.17, 15) is 10.1 Å². The molecule has 0 saturated carbocycles. The van der Waals surface area contributed by atoms with Gasteiger partial charge in [-0.3, -0.25) is 4.79 Å². The summed E-state index contributed by atoms with van der Waals surface area (Å²) < 4.78 is 11.1. The molecule has 1 N–H and O–H groups in total. The van der Waals surface area contributed by atoms with Crippen LogP contribution in [0.5, 0.6) is 11.5 Å². The third kappa shape index (κ3) is 4.57. The Hall–Kier alpha value is -3.46. The van der Waals surface area contributed by atoms with Crippen molar-refractivity contribution in [3.05, 3.63) is 52.6 Å². The van der Waals surface area contributed by atoms with Crippen LogP contribution >= 0.6 is 0 Å². The molecule has 0 radical (unpaired) electrons. The van der Waals surface area contributed by atoms with Gasteiger partial charge >= 0.3 is 0 Å². The molecule has 1 amide bonds. The van der Waals surface area contributed by atoms with Crippen LogP contribution < -0.4 is 19.7 Å². The standard InChI is InChI=1S/C24H27N3O3/c1-16-7-8-20(17(2)11-16)26-24(28)19(15-25)12-18-13-23(30-4)21(14-22(18)29-3)27-9-5-6-10-27/h7-8,11-14H,5-6,9-10H2,1-4H3,(H,26,28)/b19-12-. The van der Waals surface area contributed by atoms with Crippen LogP contribution in [0.3, 0.4) is 0 Å². The monoisotopic (exact) mass is 405 g/mol. The number of carbonyl (C=O) groups is 1. The van der Waals surface area contributed by atoms with Gasteiger partial charge in [0.15, 0.2) is 0 Å². The summed E-state index contributed by atoms with van der Waals surface area (Å²) in [6, 6.07) is 11.5. The van der Waals surface area contributed by atoms with Crippen molar-refractivity contribution in [3.63, 3.8) is 0 Å². The highest BCUT2D eigenvalue weighted by molar-refractivity contribution is 6.10. The number of nitriles is 1. The predicted octanol–water partition coefficient (Wildman–Crippen LogP) is 4.47. The largest absolute Gasteiger partial charge is 0.496 e. The van der Waals surface area contributed by atoms with Gasteiger partial charge in [-0.15, -0.1) is 0 Å². The fraction of sp³-hybridized carbons (Fsp3) is 0.333. The third-order valence-corrected chi connectivity index (χ3v) is 5.27. The fourth-order valence-corrected chi connectivity index (χ4v) is 3.67. The summed E-state index contributed by atoms with van der Waals surface area (Å²) in [5, 5.41) is 12.4. The first kappa shape index (κ1) is 21.3. The number of hydrogen-bond donors (Lipinski definition) is 1. The molecule has 0 unspecified atom stereocenters. The molecule has 30 heavy (non-hydrogen) atoms. The average molecular weight is 405 g/mol. The number of aryl methyl sites for hydroxylation is 2. The number of rotatable bonds is 6. The predicted molar refractivity (Wildman–Crippen MR) is 119 cm³/mol. The molecule has 1 fully saturated rings. The molecule has 0 spiro atoms. The average Bonchev–Trinajstić information content (AvgIpc) is 3.28. The Bertz CT molecular complexity index is 1020. The summed E-state index contributed by atoms with van der Waals surface area (Å²) in [7, 11) is 3.20. The number of ether oxygens (including phenoxy) is 2. The highest BCUT2D eigenvalue weighted by Crippen LogP contribution is 2.38. The number of benzene rings is 2. The number of methoxy groups -OCH3 is 2. The van der Waals surface area contributed by atoms with Crippen LogP contribution in [-0.4, -0.2) is 33.2 Å². The molecule has 156 valence electrons. The smallest absolute Gasteiger partial charge is 0.266 e. The molecule has 0 aromatic heterocycles. The topological polar surface area (TPSA) is 74.6 Å². The second kappa shape index (κ2) is 9.36. The van der Waals surface area contributed by atoms with Crippen LogP contribution in [0.25, 0.3) is 6.08 Å². The SMILES string of the molecule is COc1cc(N2CCCC2)c(OC)cc1/C=C(/C#N)C(=O)Nc1ccc(C)cc1C. The minimum Gasteiger partial charge on any atom is -0.496 e. The van der Waals surface area contributed by atoms with E-state index in [0.717, 1.165) is 42.7 Å². The number of nitrogens with zero attached hydrogens (tertiary/aromatic N) is 2. The van der Waals surface area contributed by atoms with Gasteiger partial charge < -0.3 is 19.7 Å². The number of anilines is 2. The van der Waals surface area contributed by atoms with Crippen LogP contribution in [-0.2, 0) is 4.79 Å². The summed E-state index contributed by atoms with van der Waals surface area (Å²) >= 11 is 0. The van der Waals surface area contributed by atoms with Gasteiger partial charge in [0.2, 0.25) is 0 Å². The van der Waals surface area contributed by atoms with Crippen molar-refractivity contribution in [1.29, 1.82) is 5.26 Å². The molecule has 0 bridgehead atoms. The van der Waals surface area contributed by atoms with E-state index in [1.165, 1.54) is 6.08 Å². The lowest BCUT2D eigenvalue weighted by Gasteiger charge is -2.22. The molecular formula is C24H27N3O3. The Morgan fingerprint density at radius 1 is 1.10 bits per heavy atom. The van der Waals surface area contributed by atoms with E-state index in [1.807, 2.05) is 50.2 Å². The molecule has 6 heteroatoms. The molecule has 3 rings (SSSR count). The van der Waals surface area contributed by atoms with Crippen molar-refractivity contribution in [3.8, 4) is 17.6 Å². The van der Waals surface area contributed by atoms with E-state index in [4.69, 9.17) is 9.47 Å². The fourth-order valence-electron chi connectivity index (χ4n) is 3.67. The van der Waals surface area contributed by atoms with Crippen molar-refractivity contribution >= 4 is 23.4 Å². The Labute approximate surface area is 177 Å². The quantitative estimate of drug-likeness (QED) is 0.567. The third-order valence-electron chi connectivity index (χ3n) is 5.27. The summed E-state index contributed by atoms with van der Waals surface area (Å²) in [5.41, 5.74) is 4.29. The molecule has 0 atom stereocenters. The maximum atomic E-state index is 12.7. The van der Waals surface area contributed by atoms with E-state index in [2.05, 4.69) is 10.2 Å². The second-order valence-electron chi connectivity index (χ2n) is 7.40. The maximum Gasteiger partial charge on any atom is 0.266 e. The zero-order valence-electron chi connectivity index (χ0n) is 17.9. The lowest BCUT2D eigenvalue weighted by atomic mass is 10.1. The number of nitrogens with one attached hydrogen (secondary N) is 1. The molecule has 6 nitrogen and oxygen atoms in total. The Balaban J connectivity index is 1.94. The van der Waals surface area contributed by atoms with Gasteiger partial charge in [0.05, 0.1) is 19.9 Å². The number of hydrogen-bond acceptors (Lipinski definition) is 5. The van der Waals surface area contributed by atoms with E-state index in [0.29, 0.717) is 22.7 Å². The van der Waals surface area contributed by atoms with Gasteiger partial charge in [-0.2, -0.15) is 5.26 Å². The maximum absolute atomic E-state index is 12.7. The molecule has 2 aromatic carbocycles. The van der Waals surface area contributed by atoms with Gasteiger partial charge in [0.1, 0.15) is 23.1 Å². The van der Waals surface area contributed by atoms with E-state index in [1.54, 1.807) is 14.2 Å². The summed E-state index contributed by atoms with van der Waals surface area (Å²) in [5.74, 6) is 0.815. The lowest BCUT2D eigenvalue weighted by Crippen LogP contribution is -2.18. The second-order valence-corrected chi connectivity index (χ2v) is 7.40. The normalized spacial score (nSPS) is 13.7. The van der Waals surface area contributed by atoms with Crippen LogP contribution in [0.2, 0.25) is 0 Å². The van der Waals surface area contributed by atoms with Crippen molar-refractivity contribution in [2.75, 3.05) is 37.5 Å². The molecule has 0 aliphatic carbocycles. The molecule has 1 saturated heterocycles. The summed E-state index contributed by atoms with van der Waals surface area (Å²) in [4.78, 5) is 15.0. The molecule has 1 aliphatic heterocycles. The van der Waals surface area contributed by atoms with Crippen molar-refractivity contribution in [1.82, 2.24) is 0 Å². The van der Waals surface area contributed by atoms with Gasteiger partial charge in [-0.1, -0.05) is 17.7 Å². The van der Waals surface area contributed by atoms with E-state index in [-0.39, 0.29) is 5.57 Å². The lowest BCUT2D eigenvalue weighted by molar-refractivity contribution is -0.112. The van der Waals surface area contributed by atoms with Crippen molar-refractivity contribution < 1.29 is 14.3 Å². The molecule has 2 aromatic rings. The Kier molecular flexibility index (Phi) is 6.63. The minimum atomic E-state index is -0.464. The molecule has 1 heterocycles. The van der Waals surface area contributed by atoms with Gasteiger partial charge in [0.25, 0.3) is 5.91 Å². The number of amides is 1. The van der Waals surface area contributed by atoms with Crippen molar-refractivity contribution in [2.45, 2.75) is 26.7 Å². The van der Waals surface area contributed by atoms with Crippen LogP contribution in [0.4, 0.5) is 11.4 Å². The van der Waals surface area contributed by atoms with Crippen LogP contribution in [0.1, 0.15) is 29.5 Å². The summed E-state index contributed by atoms with van der Waals surface area (Å²) in [6.07, 6.45) is 3.82. The first-order chi connectivity index (χ1) is 14.5. The molecular weight excluding hydrogens is 378 g/mol. The first-order valence-electron chi connectivity index (χ1n) is 9.98. The zero-order chi connectivity index (χ0) is 21.7. The van der Waals surface area contributed by atoms with Gasteiger partial charge in [-0.05, 0) is 50.5 Å². The highest BCUT2D eigenvalue weighted by atomic mass is 16.5. The Morgan fingerprint density at radius 2 is 1.80 bits per heavy atom. The van der Waals surface area contributed by atoms with E-state index < -0.39 is 5.91 Å². The number of carbonyl (C=O) groups excluding carboxylic acids is 1. The van der Waals surface area contributed by atoms with Crippen LogP contribution in [0.15, 0.2) is 35.9 Å². The molecule has 1 aliphatic rings. The zero-order valence-corrected chi connectivity index (χ0v) is 17.9.